The quantitative estimate of drug-likeness (QED) is 0.799. The average molecular weight is 270 g/mol. The Bertz CT molecular complexity index is 626. The summed E-state index contributed by atoms with van der Waals surface area (Å²) in [6.45, 7) is 0.346. The first-order chi connectivity index (χ1) is 9.78. The molecule has 0 unspecified atom stereocenters. The molecule has 0 saturated heterocycles. The van der Waals surface area contributed by atoms with Crippen molar-refractivity contribution in [2.75, 3.05) is 11.9 Å². The third-order valence-corrected chi connectivity index (χ3v) is 2.47. The van der Waals surface area contributed by atoms with E-state index in [1.165, 1.54) is 0 Å². The van der Waals surface area contributed by atoms with Crippen LogP contribution in [0.15, 0.2) is 36.9 Å². The average Bonchev–Trinajstić information content (AvgIpc) is 2.97. The number of aliphatic hydroxyl groups excluding tert-OH is 1. The largest absolute Gasteiger partial charge is 0.384 e. The number of nitrogens with one attached hydrogen (secondary N) is 1. The molecule has 0 fully saturated rings. The van der Waals surface area contributed by atoms with E-state index in [1.807, 2.05) is 4.57 Å². The molecule has 0 aliphatic rings. The Labute approximate surface area is 116 Å². The monoisotopic (exact) mass is 270 g/mol. The van der Waals surface area contributed by atoms with Gasteiger partial charge in [-0.2, -0.15) is 0 Å². The van der Waals surface area contributed by atoms with Crippen LogP contribution in [0.25, 0.3) is 0 Å². The number of nitrogens with zero attached hydrogens (tertiary/aromatic N) is 3. The van der Waals surface area contributed by atoms with Crippen molar-refractivity contribution in [2.24, 2.45) is 0 Å². The molecule has 6 nitrogen and oxygen atoms in total. The molecule has 0 atom stereocenters. The number of carbonyl (C=O) groups is 1. The fourth-order valence-electron chi connectivity index (χ4n) is 1.56. The number of hydrogen-bond acceptors (Lipinski definition) is 4. The first-order valence-electron chi connectivity index (χ1n) is 6.10. The zero-order valence-electron chi connectivity index (χ0n) is 10.8. The minimum absolute atomic E-state index is 0.126. The van der Waals surface area contributed by atoms with Crippen LogP contribution in [0.1, 0.15) is 12.1 Å². The van der Waals surface area contributed by atoms with Crippen molar-refractivity contribution >= 4 is 11.7 Å². The minimum Gasteiger partial charge on any atom is -0.384 e. The van der Waals surface area contributed by atoms with Gasteiger partial charge in [0.15, 0.2) is 0 Å². The van der Waals surface area contributed by atoms with Crippen LogP contribution in [0.3, 0.4) is 0 Å². The second kappa shape index (κ2) is 7.07. The van der Waals surface area contributed by atoms with Gasteiger partial charge in [0.1, 0.15) is 18.1 Å². The van der Waals surface area contributed by atoms with Crippen molar-refractivity contribution in [3.63, 3.8) is 0 Å². The van der Waals surface area contributed by atoms with E-state index in [0.717, 1.165) is 0 Å². The lowest BCUT2D eigenvalue weighted by Crippen LogP contribution is -2.15. The molecule has 0 saturated carbocycles. The smallest absolute Gasteiger partial charge is 0.227 e. The maximum Gasteiger partial charge on any atom is 0.227 e. The molecule has 0 radical (unpaired) electrons. The van der Waals surface area contributed by atoms with E-state index >= 15 is 0 Å². The zero-order chi connectivity index (χ0) is 14.2. The molecular weight excluding hydrogens is 256 g/mol. The van der Waals surface area contributed by atoms with Crippen LogP contribution in [0.2, 0.25) is 0 Å². The number of hydrogen-bond donors (Lipinski definition) is 2. The normalized spacial score (nSPS) is 9.65. The van der Waals surface area contributed by atoms with E-state index < -0.39 is 0 Å². The lowest BCUT2D eigenvalue weighted by molar-refractivity contribution is -0.116. The molecule has 2 heterocycles. The lowest BCUT2D eigenvalue weighted by Gasteiger charge is -2.05. The Hall–Kier alpha value is -2.65. The Kier molecular flexibility index (Phi) is 4.87. The summed E-state index contributed by atoms with van der Waals surface area (Å²) in [6, 6.07) is 5.16. The van der Waals surface area contributed by atoms with Crippen LogP contribution in [0.5, 0.6) is 0 Å². The number of aryl methyl sites for hydroxylation is 1. The number of rotatable bonds is 4. The van der Waals surface area contributed by atoms with E-state index in [1.54, 1.807) is 36.9 Å². The third kappa shape index (κ3) is 4.23. The molecule has 0 spiro atoms. The summed E-state index contributed by atoms with van der Waals surface area (Å²) in [5, 5.41) is 11.3. The third-order valence-electron chi connectivity index (χ3n) is 2.47. The number of aromatic nitrogens is 3. The summed E-state index contributed by atoms with van der Waals surface area (Å²) in [7, 11) is 0. The predicted molar refractivity (Wildman–Crippen MR) is 73.7 cm³/mol. The van der Waals surface area contributed by atoms with E-state index in [0.29, 0.717) is 24.5 Å². The SMILES string of the molecule is O=C(CCn1ccnc1)Nc1cccc(C#CCO)n1. The molecule has 6 heteroatoms. The summed E-state index contributed by atoms with van der Waals surface area (Å²) in [5.74, 6) is 5.52. The summed E-state index contributed by atoms with van der Waals surface area (Å²) in [5.41, 5.74) is 0.506. The first-order valence-corrected chi connectivity index (χ1v) is 6.10. The van der Waals surface area contributed by atoms with Crippen LogP contribution in [-0.2, 0) is 11.3 Å². The molecular formula is C14H14N4O2. The number of aliphatic hydroxyl groups is 1. The highest BCUT2D eigenvalue weighted by atomic mass is 16.2. The number of pyridine rings is 1. The van der Waals surface area contributed by atoms with Gasteiger partial charge in [0.2, 0.25) is 5.91 Å². The van der Waals surface area contributed by atoms with E-state index in [4.69, 9.17) is 5.11 Å². The minimum atomic E-state index is -0.219. The van der Waals surface area contributed by atoms with Gasteiger partial charge in [-0.05, 0) is 18.1 Å². The Balaban J connectivity index is 1.90. The molecule has 2 N–H and O–H groups in total. The summed E-state index contributed by atoms with van der Waals surface area (Å²) >= 11 is 0. The zero-order valence-corrected chi connectivity index (χ0v) is 10.8. The van der Waals surface area contributed by atoms with Crippen LogP contribution >= 0.6 is 0 Å². The number of imidazole rings is 1. The van der Waals surface area contributed by atoms with Crippen molar-refractivity contribution in [3.8, 4) is 11.8 Å². The number of anilines is 1. The van der Waals surface area contributed by atoms with Gasteiger partial charge in [-0.1, -0.05) is 12.0 Å². The molecule has 2 aromatic heterocycles. The fourth-order valence-corrected chi connectivity index (χ4v) is 1.56. The van der Waals surface area contributed by atoms with Crippen molar-refractivity contribution in [2.45, 2.75) is 13.0 Å². The Morgan fingerprint density at radius 3 is 3.10 bits per heavy atom. The van der Waals surface area contributed by atoms with Crippen LogP contribution < -0.4 is 5.32 Å². The molecule has 0 bridgehead atoms. The molecule has 20 heavy (non-hydrogen) atoms. The second-order valence-electron chi connectivity index (χ2n) is 3.97. The Morgan fingerprint density at radius 2 is 2.35 bits per heavy atom. The van der Waals surface area contributed by atoms with Gasteiger partial charge >= 0.3 is 0 Å². The Morgan fingerprint density at radius 1 is 1.45 bits per heavy atom. The standard InChI is InChI=1S/C14H14N4O2/c19-10-2-4-12-3-1-5-13(16-12)17-14(20)6-8-18-9-7-15-11-18/h1,3,5,7,9,11,19H,6,8,10H2,(H,16,17,20). The van der Waals surface area contributed by atoms with E-state index in [2.05, 4.69) is 27.1 Å². The second-order valence-corrected chi connectivity index (χ2v) is 3.97. The molecule has 0 aliphatic heterocycles. The fraction of sp³-hybridized carbons (Fsp3) is 0.214. The van der Waals surface area contributed by atoms with Gasteiger partial charge in [-0.25, -0.2) is 9.97 Å². The van der Waals surface area contributed by atoms with E-state index in [9.17, 15) is 4.79 Å². The highest BCUT2D eigenvalue weighted by molar-refractivity contribution is 5.89. The highest BCUT2D eigenvalue weighted by Crippen LogP contribution is 2.05. The molecule has 1 amide bonds. The van der Waals surface area contributed by atoms with Crippen LogP contribution in [0, 0.1) is 11.8 Å². The van der Waals surface area contributed by atoms with Gasteiger partial charge in [0.25, 0.3) is 0 Å². The number of amides is 1. The molecule has 0 aromatic carbocycles. The van der Waals surface area contributed by atoms with Gasteiger partial charge in [0, 0.05) is 25.4 Å². The lowest BCUT2D eigenvalue weighted by atomic mass is 10.3. The molecule has 2 rings (SSSR count). The molecule has 2 aromatic rings. The summed E-state index contributed by atoms with van der Waals surface area (Å²) in [6.07, 6.45) is 5.47. The number of carbonyl (C=O) groups excluding carboxylic acids is 1. The van der Waals surface area contributed by atoms with Crippen LogP contribution in [-0.4, -0.2) is 32.2 Å². The first kappa shape index (κ1) is 13.8. The van der Waals surface area contributed by atoms with Gasteiger partial charge in [-0.3, -0.25) is 4.79 Å². The molecule has 102 valence electrons. The van der Waals surface area contributed by atoms with Gasteiger partial charge in [0.05, 0.1) is 6.33 Å². The van der Waals surface area contributed by atoms with Crippen molar-refractivity contribution in [3.05, 3.63) is 42.6 Å². The maximum absolute atomic E-state index is 11.8. The van der Waals surface area contributed by atoms with Crippen molar-refractivity contribution in [1.29, 1.82) is 0 Å². The maximum atomic E-state index is 11.8. The molecule has 0 aliphatic carbocycles. The summed E-state index contributed by atoms with van der Waals surface area (Å²) < 4.78 is 1.83. The van der Waals surface area contributed by atoms with Crippen molar-refractivity contribution in [1.82, 2.24) is 14.5 Å². The van der Waals surface area contributed by atoms with E-state index in [-0.39, 0.29) is 12.5 Å². The van der Waals surface area contributed by atoms with Crippen LogP contribution in [0.4, 0.5) is 5.82 Å². The van der Waals surface area contributed by atoms with Crippen molar-refractivity contribution < 1.29 is 9.90 Å². The summed E-state index contributed by atoms with van der Waals surface area (Å²) in [4.78, 5) is 19.8. The van der Waals surface area contributed by atoms with Gasteiger partial charge < -0.3 is 15.0 Å². The topological polar surface area (TPSA) is 80.0 Å². The van der Waals surface area contributed by atoms with Gasteiger partial charge in [-0.15, -0.1) is 0 Å². The highest BCUT2D eigenvalue weighted by Gasteiger charge is 2.04. The predicted octanol–water partition coefficient (Wildman–Crippen LogP) is 0.651.